The van der Waals surface area contributed by atoms with E-state index < -0.39 is 54.9 Å². The second kappa shape index (κ2) is 7.77. The Morgan fingerprint density at radius 3 is 1.55 bits per heavy atom. The molecule has 1 saturated heterocycles. The lowest BCUT2D eigenvalue weighted by atomic mass is 9.79. The molecular weight excluding hydrogens is 412 g/mol. The molecule has 0 unspecified atom stereocenters. The molecule has 1 aliphatic heterocycles. The van der Waals surface area contributed by atoms with Gasteiger partial charge in [0.2, 0.25) is 0 Å². The van der Waals surface area contributed by atoms with Gasteiger partial charge >= 0.3 is 0 Å². The van der Waals surface area contributed by atoms with Gasteiger partial charge in [-0.3, -0.25) is 0 Å². The zero-order chi connectivity index (χ0) is 21.6. The minimum atomic E-state index is -2.54. The van der Waals surface area contributed by atoms with Crippen molar-refractivity contribution < 1.29 is 30.8 Å². The highest BCUT2D eigenvalue weighted by molar-refractivity contribution is 6.69. The van der Waals surface area contributed by atoms with Crippen LogP contribution in [0.5, 0.6) is 0 Å². The summed E-state index contributed by atoms with van der Waals surface area (Å²) in [4.78, 5) is 0. The highest BCUT2D eigenvalue weighted by Gasteiger charge is 2.48. The molecule has 1 atom stereocenters. The van der Waals surface area contributed by atoms with Gasteiger partial charge in [-0.25, -0.2) is 26.3 Å². The van der Waals surface area contributed by atoms with Gasteiger partial charge in [-0.1, -0.05) is 0 Å². The molecule has 2 nitrogen and oxygen atoms in total. The maximum atomic E-state index is 14.1. The molecule has 1 aliphatic rings. The molecule has 9 heteroatoms. The van der Waals surface area contributed by atoms with Crippen molar-refractivity contribution in [3.8, 4) is 0 Å². The Bertz CT molecular complexity index is 820. The van der Waals surface area contributed by atoms with Crippen molar-refractivity contribution in [2.75, 3.05) is 6.54 Å². The number of hydrogen-bond donors (Lipinski definition) is 1. The lowest BCUT2D eigenvalue weighted by Crippen LogP contribution is -2.53. The molecule has 0 amide bonds. The van der Waals surface area contributed by atoms with Crippen LogP contribution in [0.4, 0.5) is 26.3 Å². The quantitative estimate of drug-likeness (QED) is 0.389. The molecular formula is C20H21F6NOSi. The first-order chi connectivity index (χ1) is 13.5. The fourth-order valence-corrected chi connectivity index (χ4v) is 5.16. The van der Waals surface area contributed by atoms with Gasteiger partial charge in [0.15, 0.2) is 43.2 Å². The van der Waals surface area contributed by atoms with Crippen LogP contribution in [-0.4, -0.2) is 20.9 Å². The minimum absolute atomic E-state index is 0.138. The van der Waals surface area contributed by atoms with Crippen molar-refractivity contribution in [1.29, 1.82) is 0 Å². The maximum Gasteiger partial charge on any atom is 0.194 e. The molecule has 0 bridgehead atoms. The van der Waals surface area contributed by atoms with Crippen LogP contribution in [0.1, 0.15) is 24.0 Å². The van der Waals surface area contributed by atoms with Gasteiger partial charge in [0.25, 0.3) is 0 Å². The molecule has 2 aromatic carbocycles. The first-order valence-electron chi connectivity index (χ1n) is 9.19. The lowest BCUT2D eigenvalue weighted by Gasteiger charge is -2.44. The van der Waals surface area contributed by atoms with Crippen molar-refractivity contribution in [3.05, 3.63) is 70.3 Å². The van der Waals surface area contributed by atoms with Gasteiger partial charge < -0.3 is 9.74 Å². The Labute approximate surface area is 166 Å². The highest BCUT2D eigenvalue weighted by Crippen LogP contribution is 2.44. The topological polar surface area (TPSA) is 21.3 Å². The van der Waals surface area contributed by atoms with E-state index in [-0.39, 0.29) is 11.1 Å². The number of rotatable bonds is 5. The number of benzene rings is 2. The molecule has 0 aliphatic carbocycles. The van der Waals surface area contributed by atoms with Crippen LogP contribution in [0.15, 0.2) is 24.3 Å². The average molecular weight is 433 g/mol. The molecule has 29 heavy (non-hydrogen) atoms. The highest BCUT2D eigenvalue weighted by atomic mass is 28.4. The van der Waals surface area contributed by atoms with E-state index in [4.69, 9.17) is 4.43 Å². The second-order valence-electron chi connectivity index (χ2n) is 8.11. The fraction of sp³-hybridized carbons (Fsp3) is 0.400. The van der Waals surface area contributed by atoms with E-state index in [0.717, 1.165) is 24.3 Å². The normalized spacial score (nSPS) is 17.8. The molecule has 158 valence electrons. The number of nitrogens with one attached hydrogen (secondary N) is 1. The zero-order valence-electron chi connectivity index (χ0n) is 16.2. The summed E-state index contributed by atoms with van der Waals surface area (Å²) in [5, 5.41) is 3.14. The summed E-state index contributed by atoms with van der Waals surface area (Å²) < 4.78 is 90.2. The van der Waals surface area contributed by atoms with Crippen LogP contribution in [0.2, 0.25) is 19.6 Å². The van der Waals surface area contributed by atoms with Crippen LogP contribution in [0.3, 0.4) is 0 Å². The summed E-state index contributed by atoms with van der Waals surface area (Å²) in [5.74, 6) is -9.14. The van der Waals surface area contributed by atoms with Crippen molar-refractivity contribution in [2.45, 2.75) is 44.1 Å². The van der Waals surface area contributed by atoms with Gasteiger partial charge in [-0.05, 0) is 74.4 Å². The fourth-order valence-electron chi connectivity index (χ4n) is 3.81. The van der Waals surface area contributed by atoms with E-state index in [1.54, 1.807) is 19.6 Å². The average Bonchev–Trinajstić information content (AvgIpc) is 3.15. The number of hydrogen-bond acceptors (Lipinski definition) is 2. The second-order valence-corrected chi connectivity index (χ2v) is 12.5. The Kier molecular flexibility index (Phi) is 5.86. The summed E-state index contributed by atoms with van der Waals surface area (Å²) in [5.41, 5.74) is -2.02. The first kappa shape index (κ1) is 21.9. The van der Waals surface area contributed by atoms with Crippen LogP contribution < -0.4 is 5.32 Å². The predicted octanol–water partition coefficient (Wildman–Crippen LogP) is 5.37. The van der Waals surface area contributed by atoms with Crippen LogP contribution in [0, 0.1) is 34.9 Å². The Balaban J connectivity index is 2.38. The third-order valence-corrected chi connectivity index (χ3v) is 5.78. The van der Waals surface area contributed by atoms with E-state index in [1.165, 1.54) is 0 Å². The summed E-state index contributed by atoms with van der Waals surface area (Å²) in [6, 6.07) is 2.42. The molecule has 1 fully saturated rings. The van der Waals surface area contributed by atoms with Crippen LogP contribution in [0.25, 0.3) is 0 Å². The predicted molar refractivity (Wildman–Crippen MR) is 98.9 cm³/mol. The Hall–Kier alpha value is -1.84. The third kappa shape index (κ3) is 4.08. The van der Waals surface area contributed by atoms with E-state index in [1.807, 2.05) is 0 Å². The van der Waals surface area contributed by atoms with E-state index in [0.29, 0.717) is 19.4 Å². The number of halogens is 6. The molecule has 0 aromatic heterocycles. The minimum Gasteiger partial charge on any atom is -0.403 e. The summed E-state index contributed by atoms with van der Waals surface area (Å²) in [6.45, 7) is 5.93. The molecule has 3 rings (SSSR count). The third-order valence-electron chi connectivity index (χ3n) is 4.84. The molecule has 1 heterocycles. The molecule has 0 radical (unpaired) electrons. The van der Waals surface area contributed by atoms with Crippen molar-refractivity contribution in [2.24, 2.45) is 0 Å². The van der Waals surface area contributed by atoms with Gasteiger partial charge in [0.05, 0.1) is 0 Å². The van der Waals surface area contributed by atoms with E-state index in [9.17, 15) is 26.3 Å². The van der Waals surface area contributed by atoms with E-state index in [2.05, 4.69) is 5.32 Å². The van der Waals surface area contributed by atoms with Crippen molar-refractivity contribution in [1.82, 2.24) is 5.32 Å². The Morgan fingerprint density at radius 1 is 0.828 bits per heavy atom. The SMILES string of the molecule is C[Si](C)(C)OC(c1cc(F)c(F)c(F)c1)(c1cc(F)c(F)c(F)c1)[C@@H]1CCCN1. The largest absolute Gasteiger partial charge is 0.403 e. The van der Waals surface area contributed by atoms with Crippen LogP contribution >= 0.6 is 0 Å². The smallest absolute Gasteiger partial charge is 0.194 e. The first-order valence-corrected chi connectivity index (χ1v) is 12.6. The standard InChI is InChI=1S/C20H21F6NOSi/c1-29(2,3)28-20(17-5-4-6-27-17,11-7-13(21)18(25)14(22)8-11)12-9-15(23)19(26)16(24)10-12/h7-10,17,27H,4-6H2,1-3H3/t17-/m0/s1. The molecule has 0 saturated carbocycles. The van der Waals surface area contributed by atoms with Gasteiger partial charge in [0.1, 0.15) is 5.60 Å². The van der Waals surface area contributed by atoms with Crippen molar-refractivity contribution in [3.63, 3.8) is 0 Å². The summed E-state index contributed by atoms with van der Waals surface area (Å²) in [6.07, 6.45) is 1.14. The van der Waals surface area contributed by atoms with Crippen molar-refractivity contribution >= 4 is 8.32 Å². The van der Waals surface area contributed by atoms with Gasteiger partial charge in [-0.15, -0.1) is 0 Å². The zero-order valence-corrected chi connectivity index (χ0v) is 17.2. The van der Waals surface area contributed by atoms with Gasteiger partial charge in [0, 0.05) is 6.04 Å². The van der Waals surface area contributed by atoms with E-state index >= 15 is 0 Å². The van der Waals surface area contributed by atoms with Gasteiger partial charge in [-0.2, -0.15) is 0 Å². The lowest BCUT2D eigenvalue weighted by molar-refractivity contribution is 0.0622. The monoisotopic (exact) mass is 433 g/mol. The molecule has 1 N–H and O–H groups in total. The Morgan fingerprint density at radius 2 is 1.24 bits per heavy atom. The molecule has 2 aromatic rings. The van der Waals surface area contributed by atoms with Crippen LogP contribution in [-0.2, 0) is 10.0 Å². The summed E-state index contributed by atoms with van der Waals surface area (Å²) in [7, 11) is -2.54. The summed E-state index contributed by atoms with van der Waals surface area (Å²) >= 11 is 0. The maximum absolute atomic E-state index is 14.1. The molecule has 0 spiro atoms.